The molecule has 0 aromatic heterocycles. The first-order valence-corrected chi connectivity index (χ1v) is 5.12. The fraction of sp³-hybridized carbons (Fsp3) is 0.778. The van der Waals surface area contributed by atoms with Gasteiger partial charge in [0.25, 0.3) is 0 Å². The topological polar surface area (TPSA) is 12.5 Å². The first-order valence-electron chi connectivity index (χ1n) is 4.33. The lowest BCUT2D eigenvalue weighted by Gasteiger charge is -2.34. The molecule has 0 aromatic rings. The molecule has 2 nitrogen and oxygen atoms in total. The molecule has 2 fully saturated rings. The van der Waals surface area contributed by atoms with Crippen molar-refractivity contribution < 1.29 is 4.74 Å². The molecule has 2 aliphatic rings. The number of ether oxygens (including phenoxy) is 1. The zero-order chi connectivity index (χ0) is 8.39. The van der Waals surface area contributed by atoms with Gasteiger partial charge < -0.3 is 4.74 Å². The number of halogens is 1. The Hall–Kier alpha value is -0.0400. The summed E-state index contributed by atoms with van der Waals surface area (Å²) < 4.78 is 5.16. The second-order valence-corrected chi connectivity index (χ2v) is 3.81. The monoisotopic (exact) mass is 229 g/mol. The van der Waals surface area contributed by atoms with Gasteiger partial charge in [-0.25, -0.2) is 0 Å². The van der Waals surface area contributed by atoms with E-state index in [9.17, 15) is 0 Å². The van der Waals surface area contributed by atoms with Gasteiger partial charge in [-0.1, -0.05) is 5.92 Å². The molecule has 0 aliphatic carbocycles. The molecular weight excluding hydrogens is 218 g/mol. The van der Waals surface area contributed by atoms with Crippen LogP contribution in [0.25, 0.3) is 0 Å². The highest BCUT2D eigenvalue weighted by atomic mass is 79.9. The first kappa shape index (κ1) is 8.55. The lowest BCUT2D eigenvalue weighted by molar-refractivity contribution is -0.0575. The number of hydrogen-bond acceptors (Lipinski definition) is 2. The maximum Gasteiger partial charge on any atom is 0.0645 e. The molecule has 0 spiro atoms. The van der Waals surface area contributed by atoms with Gasteiger partial charge in [0.1, 0.15) is 0 Å². The predicted molar refractivity (Wildman–Crippen MR) is 51.0 cm³/mol. The number of rotatable bonds is 1. The van der Waals surface area contributed by atoms with Crippen molar-refractivity contribution in [2.75, 3.05) is 26.3 Å². The molecule has 3 heteroatoms. The Kier molecular flexibility index (Phi) is 2.69. The summed E-state index contributed by atoms with van der Waals surface area (Å²) in [6.45, 7) is 4.18. The Labute approximate surface area is 81.4 Å². The lowest BCUT2D eigenvalue weighted by Crippen LogP contribution is -2.47. The summed E-state index contributed by atoms with van der Waals surface area (Å²) in [6.07, 6.45) is 1.22. The highest BCUT2D eigenvalue weighted by Crippen LogP contribution is 2.21. The zero-order valence-electron chi connectivity index (χ0n) is 6.92. The number of hydrogen-bond donors (Lipinski definition) is 0. The second kappa shape index (κ2) is 3.78. The van der Waals surface area contributed by atoms with Crippen LogP contribution >= 0.6 is 15.9 Å². The third kappa shape index (κ3) is 1.66. The highest BCUT2D eigenvalue weighted by molar-refractivity contribution is 9.12. The minimum atomic E-state index is 0.574. The summed E-state index contributed by atoms with van der Waals surface area (Å²) in [4.78, 5) is 5.30. The average Bonchev–Trinajstić information content (AvgIpc) is 2.34. The third-order valence-corrected chi connectivity index (χ3v) is 2.84. The van der Waals surface area contributed by atoms with Crippen LogP contribution in [0.2, 0.25) is 0 Å². The van der Waals surface area contributed by atoms with E-state index in [-0.39, 0.29) is 0 Å². The summed E-state index contributed by atoms with van der Waals surface area (Å²) in [5.74, 6) is 3.74. The maximum absolute atomic E-state index is 5.16. The summed E-state index contributed by atoms with van der Waals surface area (Å²) in [5, 5.41) is 0. The van der Waals surface area contributed by atoms with Crippen LogP contribution in [0.15, 0.2) is 0 Å². The molecule has 2 rings (SSSR count). The van der Waals surface area contributed by atoms with Crippen LogP contribution in [0.3, 0.4) is 0 Å². The van der Waals surface area contributed by atoms with Gasteiger partial charge in [-0.15, -0.1) is 0 Å². The Bertz CT molecular complexity index is 216. The quantitative estimate of drug-likeness (QED) is 0.624. The van der Waals surface area contributed by atoms with Gasteiger partial charge in [-0.2, -0.15) is 0 Å². The summed E-state index contributed by atoms with van der Waals surface area (Å²) in [7, 11) is 0. The minimum absolute atomic E-state index is 0.574. The number of likely N-dealkylation sites (tertiary alicyclic amines) is 1. The summed E-state index contributed by atoms with van der Waals surface area (Å²) in [5.41, 5.74) is 0. The Balaban J connectivity index is 1.83. The highest BCUT2D eigenvalue weighted by Gasteiger charge is 2.31. The molecule has 2 heterocycles. The third-order valence-electron chi connectivity index (χ3n) is 2.62. The molecule has 0 aromatic carbocycles. The van der Waals surface area contributed by atoms with Gasteiger partial charge in [0.2, 0.25) is 0 Å². The van der Waals surface area contributed by atoms with Crippen molar-refractivity contribution in [3.05, 3.63) is 0 Å². The van der Waals surface area contributed by atoms with Crippen molar-refractivity contribution in [2.24, 2.45) is 5.92 Å². The lowest BCUT2D eigenvalue weighted by atomic mass is 10.1. The first-order chi connectivity index (χ1) is 5.90. The van der Waals surface area contributed by atoms with Crippen molar-refractivity contribution >= 4 is 15.9 Å². The van der Waals surface area contributed by atoms with E-state index in [4.69, 9.17) is 4.74 Å². The van der Waals surface area contributed by atoms with Gasteiger partial charge in [-0.3, -0.25) is 4.90 Å². The van der Waals surface area contributed by atoms with Crippen LogP contribution < -0.4 is 0 Å². The van der Waals surface area contributed by atoms with Gasteiger partial charge in [0.05, 0.1) is 19.3 Å². The second-order valence-electron chi connectivity index (χ2n) is 3.41. The summed E-state index contributed by atoms with van der Waals surface area (Å²) >= 11 is 3.14. The van der Waals surface area contributed by atoms with Gasteiger partial charge in [0, 0.05) is 28.4 Å². The molecule has 0 bridgehead atoms. The van der Waals surface area contributed by atoms with Crippen molar-refractivity contribution in [3.63, 3.8) is 0 Å². The van der Waals surface area contributed by atoms with Crippen LogP contribution in [-0.2, 0) is 4.74 Å². The average molecular weight is 230 g/mol. The molecule has 2 aliphatic heterocycles. The van der Waals surface area contributed by atoms with Crippen LogP contribution in [0, 0.1) is 16.7 Å². The van der Waals surface area contributed by atoms with Crippen LogP contribution in [0.1, 0.15) is 6.42 Å². The Morgan fingerprint density at radius 2 is 2.25 bits per heavy atom. The molecule has 2 saturated heterocycles. The molecule has 1 atom stereocenters. The molecule has 1 unspecified atom stereocenters. The van der Waals surface area contributed by atoms with E-state index >= 15 is 0 Å². The van der Waals surface area contributed by atoms with E-state index in [2.05, 4.69) is 31.6 Å². The van der Waals surface area contributed by atoms with E-state index in [1.54, 1.807) is 0 Å². The summed E-state index contributed by atoms with van der Waals surface area (Å²) in [6, 6.07) is 0.687. The van der Waals surface area contributed by atoms with E-state index in [1.807, 2.05) is 0 Å². The predicted octanol–water partition coefficient (Wildman–Crippen LogP) is 1.06. The molecule has 66 valence electrons. The normalized spacial score (nSPS) is 30.9. The fourth-order valence-electron chi connectivity index (χ4n) is 1.75. The largest absolute Gasteiger partial charge is 0.378 e. The molecule has 12 heavy (non-hydrogen) atoms. The molecule has 0 saturated carbocycles. The van der Waals surface area contributed by atoms with E-state index < -0.39 is 0 Å². The van der Waals surface area contributed by atoms with Gasteiger partial charge >= 0.3 is 0 Å². The van der Waals surface area contributed by atoms with Crippen molar-refractivity contribution in [1.82, 2.24) is 4.90 Å². The number of nitrogens with zero attached hydrogens (tertiary/aromatic N) is 1. The van der Waals surface area contributed by atoms with E-state index in [1.165, 1.54) is 13.0 Å². The van der Waals surface area contributed by atoms with Crippen LogP contribution in [0.5, 0.6) is 0 Å². The molecular formula is C9H12BrNO. The molecule has 0 radical (unpaired) electrons. The van der Waals surface area contributed by atoms with Gasteiger partial charge in [0.15, 0.2) is 0 Å². The molecule has 0 N–H and O–H groups in total. The standard InChI is InChI=1S/C9H12BrNO/c10-3-1-8-2-4-11(5-8)9-6-12-7-9/h8-9H,2,4-7H2. The fourth-order valence-corrected chi connectivity index (χ4v) is 2.07. The van der Waals surface area contributed by atoms with Crippen molar-refractivity contribution in [2.45, 2.75) is 12.5 Å². The smallest absolute Gasteiger partial charge is 0.0645 e. The SMILES string of the molecule is BrC#CC1CCN(C2COC2)C1. The maximum atomic E-state index is 5.16. The van der Waals surface area contributed by atoms with E-state index in [0.717, 1.165) is 19.8 Å². The van der Waals surface area contributed by atoms with Crippen LogP contribution in [0.4, 0.5) is 0 Å². The Morgan fingerprint density at radius 3 is 2.83 bits per heavy atom. The Morgan fingerprint density at radius 1 is 1.42 bits per heavy atom. The van der Waals surface area contributed by atoms with Crippen LogP contribution in [-0.4, -0.2) is 37.2 Å². The molecule has 0 amide bonds. The van der Waals surface area contributed by atoms with Gasteiger partial charge in [-0.05, 0) is 17.8 Å². The zero-order valence-corrected chi connectivity index (χ0v) is 8.51. The minimum Gasteiger partial charge on any atom is -0.378 e. The van der Waals surface area contributed by atoms with Crippen molar-refractivity contribution in [3.8, 4) is 10.8 Å². The van der Waals surface area contributed by atoms with E-state index in [0.29, 0.717) is 12.0 Å². The van der Waals surface area contributed by atoms with Crippen molar-refractivity contribution in [1.29, 1.82) is 0 Å².